The van der Waals surface area contributed by atoms with Gasteiger partial charge in [-0.15, -0.1) is 0 Å². The molecule has 242 valence electrons. The van der Waals surface area contributed by atoms with Gasteiger partial charge in [0.2, 0.25) is 0 Å². The lowest BCUT2D eigenvalue weighted by Gasteiger charge is -2.45. The molecule has 1 heterocycles. The maximum Gasteiger partial charge on any atom is 0.416 e. The lowest BCUT2D eigenvalue weighted by molar-refractivity contribution is -0.143. The molecule has 3 aromatic rings. The molecule has 0 aromatic heterocycles. The topological polar surface area (TPSA) is 47.6 Å². The summed E-state index contributed by atoms with van der Waals surface area (Å²) in [5.41, 5.74) is -1.49. The molecule has 3 aromatic carbocycles. The maximum atomic E-state index is 13.4. The summed E-state index contributed by atoms with van der Waals surface area (Å²) in [4.78, 5) is 18.0. The van der Waals surface area contributed by atoms with Gasteiger partial charge >= 0.3 is 18.4 Å². The van der Waals surface area contributed by atoms with Gasteiger partial charge in [-0.25, -0.2) is 4.79 Å². The Hall–Kier alpha value is -3.57. The van der Waals surface area contributed by atoms with Crippen LogP contribution >= 0.6 is 0 Å². The molecular weight excluding hydrogens is 594 g/mol. The summed E-state index contributed by atoms with van der Waals surface area (Å²) >= 11 is 0. The predicted molar refractivity (Wildman–Crippen MR) is 162 cm³/mol. The lowest BCUT2D eigenvalue weighted by Crippen LogP contribution is -2.57. The second kappa shape index (κ2) is 14.2. The fourth-order valence-electron chi connectivity index (χ4n) is 6.70. The van der Waals surface area contributed by atoms with Crippen LogP contribution < -0.4 is 10.6 Å². The van der Waals surface area contributed by atoms with Crippen molar-refractivity contribution >= 4 is 11.7 Å². The first-order valence-electron chi connectivity index (χ1n) is 15.4. The molecule has 0 bridgehead atoms. The van der Waals surface area contributed by atoms with Gasteiger partial charge in [-0.1, -0.05) is 79.9 Å². The van der Waals surface area contributed by atoms with Crippen molar-refractivity contribution in [1.29, 1.82) is 0 Å². The van der Waals surface area contributed by atoms with E-state index in [4.69, 9.17) is 0 Å². The van der Waals surface area contributed by atoms with Crippen LogP contribution in [0.1, 0.15) is 60.3 Å². The number of amides is 2. The van der Waals surface area contributed by atoms with Crippen LogP contribution in [0.4, 0.5) is 36.8 Å². The summed E-state index contributed by atoms with van der Waals surface area (Å²) in [5, 5.41) is 4.99. The number of carbonyl (C=O) groups excluding carboxylic acids is 1. The second-order valence-electron chi connectivity index (χ2n) is 11.9. The van der Waals surface area contributed by atoms with Crippen molar-refractivity contribution in [2.45, 2.75) is 62.5 Å². The average molecular weight is 633 g/mol. The fraction of sp³-hybridized carbons (Fsp3) is 0.441. The van der Waals surface area contributed by atoms with Crippen molar-refractivity contribution in [2.24, 2.45) is 0 Å². The highest BCUT2D eigenvalue weighted by molar-refractivity contribution is 5.89. The van der Waals surface area contributed by atoms with Crippen LogP contribution in [0.3, 0.4) is 0 Å². The lowest BCUT2D eigenvalue weighted by atomic mass is 9.83. The number of rotatable bonds is 8. The number of anilines is 1. The molecule has 5 rings (SSSR count). The Labute approximate surface area is 259 Å². The fourth-order valence-corrected chi connectivity index (χ4v) is 6.70. The minimum atomic E-state index is -5.02. The molecule has 1 aliphatic heterocycles. The highest BCUT2D eigenvalue weighted by atomic mass is 19.4. The van der Waals surface area contributed by atoms with Crippen molar-refractivity contribution < 1.29 is 31.1 Å². The number of nitrogens with one attached hydrogen (secondary N) is 2. The molecule has 1 unspecified atom stereocenters. The summed E-state index contributed by atoms with van der Waals surface area (Å²) in [7, 11) is 0. The Morgan fingerprint density at radius 1 is 0.733 bits per heavy atom. The van der Waals surface area contributed by atoms with E-state index in [1.54, 1.807) is 0 Å². The molecule has 0 spiro atoms. The third-order valence-corrected chi connectivity index (χ3v) is 8.93. The molecule has 2 fully saturated rings. The van der Waals surface area contributed by atoms with Crippen LogP contribution in [0.5, 0.6) is 0 Å². The van der Waals surface area contributed by atoms with E-state index in [2.05, 4.69) is 20.4 Å². The zero-order valence-corrected chi connectivity index (χ0v) is 24.9. The van der Waals surface area contributed by atoms with E-state index in [1.165, 1.54) is 32.1 Å². The minimum Gasteiger partial charge on any atom is -0.336 e. The third-order valence-electron chi connectivity index (χ3n) is 8.93. The van der Waals surface area contributed by atoms with Crippen LogP contribution in [-0.2, 0) is 12.4 Å². The van der Waals surface area contributed by atoms with Gasteiger partial charge in [-0.3, -0.25) is 9.80 Å². The molecule has 1 saturated carbocycles. The maximum absolute atomic E-state index is 13.4. The standard InChI is InChI=1S/C34H38F6N4O/c35-33(36,37)26-20-27(34(38,39)40)22-28(21-26)42-32(45)41-23-30(44-18-16-43(17-19-44)29-14-8-3-9-15-29)31(24-10-4-1-5-11-24)25-12-6-2-7-13-25/h1-2,4-7,10-13,20-22,29-31H,3,8-9,14-19,23H2,(H2,41,42,45). The Morgan fingerprint density at radius 2 is 1.24 bits per heavy atom. The average Bonchev–Trinajstić information content (AvgIpc) is 3.03. The van der Waals surface area contributed by atoms with E-state index in [-0.39, 0.29) is 24.6 Å². The highest BCUT2D eigenvalue weighted by Gasteiger charge is 2.38. The number of nitrogens with zero attached hydrogens (tertiary/aromatic N) is 2. The van der Waals surface area contributed by atoms with Crippen molar-refractivity contribution in [1.82, 2.24) is 15.1 Å². The zero-order chi connectivity index (χ0) is 32.0. The highest BCUT2D eigenvalue weighted by Crippen LogP contribution is 2.38. The first-order valence-corrected chi connectivity index (χ1v) is 15.4. The van der Waals surface area contributed by atoms with Gasteiger partial charge in [0, 0.05) is 56.4 Å². The van der Waals surface area contributed by atoms with Gasteiger partial charge in [-0.05, 0) is 42.2 Å². The first kappa shape index (κ1) is 32.8. The molecule has 45 heavy (non-hydrogen) atoms. The van der Waals surface area contributed by atoms with Gasteiger partial charge in [0.25, 0.3) is 0 Å². The summed E-state index contributed by atoms with van der Waals surface area (Å²) in [6, 6.07) is 20.3. The molecule has 11 heteroatoms. The second-order valence-corrected chi connectivity index (χ2v) is 11.9. The monoisotopic (exact) mass is 632 g/mol. The van der Waals surface area contributed by atoms with Gasteiger partial charge in [0.1, 0.15) is 0 Å². The van der Waals surface area contributed by atoms with Crippen molar-refractivity contribution in [3.8, 4) is 0 Å². The summed E-state index contributed by atoms with van der Waals surface area (Å²) in [6.45, 7) is 3.42. The minimum absolute atomic E-state index is 0.0381. The quantitative estimate of drug-likeness (QED) is 0.248. The van der Waals surface area contributed by atoms with Crippen LogP contribution in [0.25, 0.3) is 0 Å². The van der Waals surface area contributed by atoms with Crippen molar-refractivity contribution in [2.75, 3.05) is 38.0 Å². The number of alkyl halides is 6. The van der Waals surface area contributed by atoms with Crippen LogP contribution in [0, 0.1) is 0 Å². The van der Waals surface area contributed by atoms with Crippen LogP contribution in [-0.4, -0.2) is 60.6 Å². The molecule has 2 aliphatic rings. The van der Waals surface area contributed by atoms with E-state index in [0.29, 0.717) is 18.2 Å². The van der Waals surface area contributed by atoms with Crippen LogP contribution in [0.15, 0.2) is 78.9 Å². The summed E-state index contributed by atoms with van der Waals surface area (Å²) in [6.07, 6.45) is -3.86. The normalized spacial score (nSPS) is 18.1. The number of piperazine rings is 1. The van der Waals surface area contributed by atoms with Gasteiger partial charge < -0.3 is 10.6 Å². The molecule has 5 nitrogen and oxygen atoms in total. The zero-order valence-electron chi connectivity index (χ0n) is 24.9. The number of hydrogen-bond acceptors (Lipinski definition) is 3. The number of carbonyl (C=O) groups is 1. The molecule has 0 radical (unpaired) electrons. The Kier molecular flexibility index (Phi) is 10.4. The van der Waals surface area contributed by atoms with E-state index >= 15 is 0 Å². The number of urea groups is 1. The Bertz CT molecular complexity index is 1310. The SMILES string of the molecule is O=C(NCC(C(c1ccccc1)c1ccccc1)N1CCN(C2CCCCC2)CC1)Nc1cc(C(F)(F)F)cc(C(F)(F)F)c1. The summed E-state index contributed by atoms with van der Waals surface area (Å²) < 4.78 is 80.3. The Balaban J connectivity index is 1.38. The van der Waals surface area contributed by atoms with Crippen molar-refractivity contribution in [3.63, 3.8) is 0 Å². The summed E-state index contributed by atoms with van der Waals surface area (Å²) in [5.74, 6) is -0.153. The largest absolute Gasteiger partial charge is 0.416 e. The molecule has 2 amide bonds. The molecule has 1 atom stereocenters. The van der Waals surface area contributed by atoms with E-state index in [9.17, 15) is 31.1 Å². The first-order chi connectivity index (χ1) is 21.5. The van der Waals surface area contributed by atoms with Gasteiger partial charge in [0.15, 0.2) is 0 Å². The van der Waals surface area contributed by atoms with Gasteiger partial charge in [-0.2, -0.15) is 26.3 Å². The smallest absolute Gasteiger partial charge is 0.336 e. The van der Waals surface area contributed by atoms with E-state index in [1.807, 2.05) is 60.7 Å². The van der Waals surface area contributed by atoms with Gasteiger partial charge in [0.05, 0.1) is 11.1 Å². The third kappa shape index (κ3) is 8.58. The molecule has 1 aliphatic carbocycles. The number of halogens is 6. The van der Waals surface area contributed by atoms with E-state index < -0.39 is 35.2 Å². The van der Waals surface area contributed by atoms with Crippen molar-refractivity contribution in [3.05, 3.63) is 101 Å². The van der Waals surface area contributed by atoms with Crippen LogP contribution in [0.2, 0.25) is 0 Å². The molecule has 1 saturated heterocycles. The molecular formula is C34H38F6N4O. The Morgan fingerprint density at radius 3 is 1.73 bits per heavy atom. The molecule has 2 N–H and O–H groups in total. The predicted octanol–water partition coefficient (Wildman–Crippen LogP) is 8.00. The number of hydrogen-bond donors (Lipinski definition) is 2. The van der Waals surface area contributed by atoms with E-state index in [0.717, 1.165) is 37.3 Å². The number of benzene rings is 3.